The molecule has 0 fully saturated rings. The molecule has 28 heavy (non-hydrogen) atoms. The Hall–Kier alpha value is -2.33. The van der Waals surface area contributed by atoms with E-state index in [1.807, 2.05) is 56.3 Å². The van der Waals surface area contributed by atoms with Crippen molar-refractivity contribution in [1.82, 2.24) is 10.2 Å². The van der Waals surface area contributed by atoms with E-state index in [1.54, 1.807) is 24.0 Å². The van der Waals surface area contributed by atoms with E-state index in [0.717, 1.165) is 11.1 Å². The van der Waals surface area contributed by atoms with Crippen molar-refractivity contribution >= 4 is 23.4 Å². The Labute approximate surface area is 172 Å². The Bertz CT molecular complexity index is 760. The molecule has 5 heteroatoms. The Morgan fingerprint density at radius 3 is 2.21 bits per heavy atom. The average Bonchev–Trinajstić information content (AvgIpc) is 2.68. The molecule has 1 N–H and O–H groups in total. The number of nitrogens with one attached hydrogen (secondary N) is 1. The SMILES string of the molecule is CC(C)CNC(=O)[C@@H](C)N(CCc1ccccc1)C(=O)Cc1ccc(Cl)cc1. The highest BCUT2D eigenvalue weighted by molar-refractivity contribution is 6.30. The molecule has 0 heterocycles. The van der Waals surface area contributed by atoms with Crippen LogP contribution in [0.4, 0.5) is 0 Å². The van der Waals surface area contributed by atoms with Gasteiger partial charge in [0.05, 0.1) is 6.42 Å². The fraction of sp³-hybridized carbons (Fsp3) is 0.391. The quantitative estimate of drug-likeness (QED) is 0.688. The summed E-state index contributed by atoms with van der Waals surface area (Å²) in [4.78, 5) is 27.3. The number of carbonyl (C=O) groups is 2. The van der Waals surface area contributed by atoms with Gasteiger partial charge in [0.2, 0.25) is 11.8 Å². The lowest BCUT2D eigenvalue weighted by Gasteiger charge is -2.29. The number of amides is 2. The average molecular weight is 401 g/mol. The highest BCUT2D eigenvalue weighted by atomic mass is 35.5. The first-order chi connectivity index (χ1) is 13.4. The van der Waals surface area contributed by atoms with Crippen LogP contribution in [0, 0.1) is 5.92 Å². The monoisotopic (exact) mass is 400 g/mol. The number of benzene rings is 2. The van der Waals surface area contributed by atoms with Crippen LogP contribution in [-0.4, -0.2) is 35.8 Å². The van der Waals surface area contributed by atoms with Crippen molar-refractivity contribution < 1.29 is 9.59 Å². The topological polar surface area (TPSA) is 49.4 Å². The molecule has 2 rings (SSSR count). The van der Waals surface area contributed by atoms with Gasteiger partial charge in [0.25, 0.3) is 0 Å². The second-order valence-corrected chi connectivity index (χ2v) is 7.88. The molecular weight excluding hydrogens is 372 g/mol. The summed E-state index contributed by atoms with van der Waals surface area (Å²) in [6.45, 7) is 6.97. The van der Waals surface area contributed by atoms with Crippen LogP contribution in [0.5, 0.6) is 0 Å². The first kappa shape index (κ1) is 22.0. The lowest BCUT2D eigenvalue weighted by molar-refractivity contribution is -0.139. The van der Waals surface area contributed by atoms with Crippen LogP contribution in [0.3, 0.4) is 0 Å². The molecule has 0 radical (unpaired) electrons. The highest BCUT2D eigenvalue weighted by Crippen LogP contribution is 2.13. The molecule has 0 saturated heterocycles. The summed E-state index contributed by atoms with van der Waals surface area (Å²) in [5.41, 5.74) is 2.02. The summed E-state index contributed by atoms with van der Waals surface area (Å²) >= 11 is 5.93. The van der Waals surface area contributed by atoms with Crippen LogP contribution in [0.25, 0.3) is 0 Å². The Kier molecular flexibility index (Phi) is 8.52. The van der Waals surface area contributed by atoms with Crippen LogP contribution < -0.4 is 5.32 Å². The number of halogens is 1. The molecule has 2 aromatic rings. The van der Waals surface area contributed by atoms with E-state index in [0.29, 0.717) is 30.5 Å². The predicted molar refractivity (Wildman–Crippen MR) is 114 cm³/mol. The molecule has 0 saturated carbocycles. The second-order valence-electron chi connectivity index (χ2n) is 7.44. The van der Waals surface area contributed by atoms with E-state index in [2.05, 4.69) is 5.32 Å². The molecular formula is C23H29ClN2O2. The van der Waals surface area contributed by atoms with E-state index in [1.165, 1.54) is 0 Å². The second kappa shape index (κ2) is 10.9. The van der Waals surface area contributed by atoms with Crippen LogP contribution in [0.2, 0.25) is 5.02 Å². The molecule has 0 aliphatic carbocycles. The van der Waals surface area contributed by atoms with Crippen molar-refractivity contribution in [2.24, 2.45) is 5.92 Å². The normalized spacial score (nSPS) is 11.9. The maximum atomic E-state index is 13.0. The zero-order valence-electron chi connectivity index (χ0n) is 16.8. The van der Waals surface area contributed by atoms with Gasteiger partial charge >= 0.3 is 0 Å². The van der Waals surface area contributed by atoms with E-state index in [9.17, 15) is 9.59 Å². The smallest absolute Gasteiger partial charge is 0.242 e. The Morgan fingerprint density at radius 1 is 0.964 bits per heavy atom. The summed E-state index contributed by atoms with van der Waals surface area (Å²) in [6, 6.07) is 16.7. The van der Waals surface area contributed by atoms with E-state index in [4.69, 9.17) is 11.6 Å². The van der Waals surface area contributed by atoms with E-state index >= 15 is 0 Å². The molecule has 0 aliphatic heterocycles. The molecule has 2 aromatic carbocycles. The molecule has 4 nitrogen and oxygen atoms in total. The molecule has 0 spiro atoms. The van der Waals surface area contributed by atoms with Crippen molar-refractivity contribution in [2.45, 2.75) is 39.7 Å². The molecule has 0 aromatic heterocycles. The van der Waals surface area contributed by atoms with Crippen LogP contribution in [0.1, 0.15) is 31.9 Å². The van der Waals surface area contributed by atoms with Crippen LogP contribution in [-0.2, 0) is 22.4 Å². The lowest BCUT2D eigenvalue weighted by atomic mass is 10.1. The van der Waals surface area contributed by atoms with E-state index < -0.39 is 6.04 Å². The minimum atomic E-state index is -0.526. The lowest BCUT2D eigenvalue weighted by Crippen LogP contribution is -2.49. The fourth-order valence-electron chi connectivity index (χ4n) is 2.90. The van der Waals surface area contributed by atoms with Crippen molar-refractivity contribution in [3.8, 4) is 0 Å². The van der Waals surface area contributed by atoms with Gasteiger partial charge in [0.15, 0.2) is 0 Å². The number of carbonyl (C=O) groups excluding carboxylic acids is 2. The summed E-state index contributed by atoms with van der Waals surface area (Å²) in [7, 11) is 0. The predicted octanol–water partition coefficient (Wildman–Crippen LogP) is 4.11. The zero-order chi connectivity index (χ0) is 20.5. The maximum Gasteiger partial charge on any atom is 0.242 e. The van der Waals surface area contributed by atoms with Crippen LogP contribution in [0.15, 0.2) is 54.6 Å². The number of rotatable bonds is 9. The third-order valence-electron chi connectivity index (χ3n) is 4.60. The van der Waals surface area contributed by atoms with Crippen molar-refractivity contribution in [1.29, 1.82) is 0 Å². The van der Waals surface area contributed by atoms with Crippen LogP contribution >= 0.6 is 11.6 Å². The minimum absolute atomic E-state index is 0.0644. The molecule has 2 amide bonds. The third-order valence-corrected chi connectivity index (χ3v) is 4.86. The maximum absolute atomic E-state index is 13.0. The van der Waals surface area contributed by atoms with E-state index in [-0.39, 0.29) is 18.2 Å². The molecule has 0 bridgehead atoms. The number of hydrogen-bond donors (Lipinski definition) is 1. The first-order valence-electron chi connectivity index (χ1n) is 9.72. The Morgan fingerprint density at radius 2 is 1.61 bits per heavy atom. The first-order valence-corrected chi connectivity index (χ1v) is 10.1. The third kappa shape index (κ3) is 7.01. The van der Waals surface area contributed by atoms with Crippen molar-refractivity contribution in [3.05, 3.63) is 70.7 Å². The van der Waals surface area contributed by atoms with Crippen molar-refractivity contribution in [2.75, 3.05) is 13.1 Å². The zero-order valence-corrected chi connectivity index (χ0v) is 17.6. The summed E-state index contributed by atoms with van der Waals surface area (Å²) < 4.78 is 0. The van der Waals surface area contributed by atoms with Gasteiger partial charge in [-0.3, -0.25) is 9.59 Å². The standard InChI is InChI=1S/C23H29ClN2O2/c1-17(2)16-25-23(28)18(3)26(14-13-19-7-5-4-6-8-19)22(27)15-20-9-11-21(24)12-10-20/h4-12,17-18H,13-16H2,1-3H3,(H,25,28)/t18-/m1/s1. The van der Waals surface area contributed by atoms with Gasteiger partial charge in [-0.05, 0) is 42.5 Å². The molecule has 0 aliphatic rings. The van der Waals surface area contributed by atoms with Gasteiger partial charge in [-0.25, -0.2) is 0 Å². The molecule has 150 valence electrons. The van der Waals surface area contributed by atoms with Gasteiger partial charge in [-0.2, -0.15) is 0 Å². The summed E-state index contributed by atoms with van der Waals surface area (Å²) in [5.74, 6) is 0.176. The number of nitrogens with zero attached hydrogens (tertiary/aromatic N) is 1. The largest absolute Gasteiger partial charge is 0.354 e. The number of hydrogen-bond acceptors (Lipinski definition) is 2. The highest BCUT2D eigenvalue weighted by Gasteiger charge is 2.25. The van der Waals surface area contributed by atoms with Gasteiger partial charge in [-0.15, -0.1) is 0 Å². The van der Waals surface area contributed by atoms with Gasteiger partial charge < -0.3 is 10.2 Å². The summed E-state index contributed by atoms with van der Waals surface area (Å²) in [6.07, 6.45) is 0.947. The molecule has 1 atom stereocenters. The van der Waals surface area contributed by atoms with Gasteiger partial charge in [0.1, 0.15) is 6.04 Å². The van der Waals surface area contributed by atoms with Crippen molar-refractivity contribution in [3.63, 3.8) is 0 Å². The Balaban J connectivity index is 2.10. The molecule has 0 unspecified atom stereocenters. The minimum Gasteiger partial charge on any atom is -0.354 e. The van der Waals surface area contributed by atoms with Gasteiger partial charge in [0, 0.05) is 18.1 Å². The fourth-order valence-corrected chi connectivity index (χ4v) is 3.03. The summed E-state index contributed by atoms with van der Waals surface area (Å²) in [5, 5.41) is 3.57. The van der Waals surface area contributed by atoms with Gasteiger partial charge in [-0.1, -0.05) is 67.9 Å².